The molecule has 0 amide bonds. The summed E-state index contributed by atoms with van der Waals surface area (Å²) in [5, 5.41) is 0. The number of rotatable bonds is 6. The highest BCUT2D eigenvalue weighted by Crippen LogP contribution is 2.48. The fraction of sp³-hybridized carbons (Fsp3) is 0.700. The van der Waals surface area contributed by atoms with Crippen molar-refractivity contribution in [3.63, 3.8) is 0 Å². The van der Waals surface area contributed by atoms with Gasteiger partial charge in [-0.15, -0.1) is 0 Å². The minimum absolute atomic E-state index is 0.372. The molecular formula is C10H19O3PS. The van der Waals surface area contributed by atoms with Gasteiger partial charge in [0.05, 0.1) is 12.7 Å². The molecule has 0 heterocycles. The Hall–Kier alpha value is -0.340. The van der Waals surface area contributed by atoms with E-state index in [4.69, 9.17) is 21.1 Å². The summed E-state index contributed by atoms with van der Waals surface area (Å²) in [6.45, 7) is 7.91. The molecule has 0 aliphatic heterocycles. The van der Waals surface area contributed by atoms with Gasteiger partial charge in [-0.05, 0) is 13.8 Å². The molecular weight excluding hydrogens is 231 g/mol. The van der Waals surface area contributed by atoms with Crippen LogP contribution in [0.5, 0.6) is 0 Å². The first kappa shape index (κ1) is 14.7. The summed E-state index contributed by atoms with van der Waals surface area (Å²) in [5.41, 5.74) is 0. The van der Waals surface area contributed by atoms with Crippen LogP contribution in [0.4, 0.5) is 0 Å². The van der Waals surface area contributed by atoms with E-state index in [1.807, 2.05) is 13.8 Å². The van der Waals surface area contributed by atoms with Crippen molar-refractivity contribution in [3.8, 4) is 0 Å². The fourth-order valence-corrected chi connectivity index (χ4v) is 2.63. The Labute approximate surface area is 96.9 Å². The molecule has 0 aliphatic carbocycles. The van der Waals surface area contributed by atoms with Crippen LogP contribution in [0.25, 0.3) is 0 Å². The number of ether oxygens (including phenoxy) is 1. The Bertz CT molecular complexity index is 278. The molecule has 0 fully saturated rings. The quantitative estimate of drug-likeness (QED) is 0.314. The number of esters is 1. The summed E-state index contributed by atoms with van der Waals surface area (Å²) >= 11 is 5.39. The number of carbonyl (C=O) groups is 1. The van der Waals surface area contributed by atoms with Crippen LogP contribution < -0.4 is 0 Å². The molecule has 0 bridgehead atoms. The van der Waals surface area contributed by atoms with Gasteiger partial charge in [-0.25, -0.2) is 4.79 Å². The Morgan fingerprint density at radius 3 is 2.27 bits per heavy atom. The Balaban J connectivity index is 4.40. The van der Waals surface area contributed by atoms with Crippen molar-refractivity contribution < 1.29 is 14.1 Å². The van der Waals surface area contributed by atoms with E-state index in [1.165, 1.54) is 6.08 Å². The second-order valence-electron chi connectivity index (χ2n) is 3.05. The smallest absolute Gasteiger partial charge is 0.334 e. The van der Waals surface area contributed by atoms with Crippen molar-refractivity contribution in [2.24, 2.45) is 0 Å². The Morgan fingerprint density at radius 2 is 1.87 bits per heavy atom. The first-order chi connectivity index (χ1) is 6.97. The van der Waals surface area contributed by atoms with E-state index in [-0.39, 0.29) is 5.97 Å². The van der Waals surface area contributed by atoms with Crippen LogP contribution in [0.1, 0.15) is 27.7 Å². The molecule has 0 aromatic heterocycles. The molecule has 0 rings (SSSR count). The summed E-state index contributed by atoms with van der Waals surface area (Å²) in [7, 11) is 0. The minimum Gasteiger partial charge on any atom is -0.471 e. The number of hydrogen-bond donors (Lipinski definition) is 0. The number of carbonyl (C=O) groups excluding carboxylic acids is 1. The molecule has 88 valence electrons. The molecule has 0 aromatic carbocycles. The monoisotopic (exact) mass is 250 g/mol. The first-order valence-electron chi connectivity index (χ1n) is 5.10. The maximum absolute atomic E-state index is 11.1. The van der Waals surface area contributed by atoms with Crippen molar-refractivity contribution in [1.29, 1.82) is 0 Å². The van der Waals surface area contributed by atoms with Gasteiger partial charge in [0.1, 0.15) is 12.0 Å². The average Bonchev–Trinajstić information content (AvgIpc) is 2.17. The predicted octanol–water partition coefficient (Wildman–Crippen LogP) is 2.90. The van der Waals surface area contributed by atoms with Gasteiger partial charge >= 0.3 is 5.97 Å². The van der Waals surface area contributed by atoms with Crippen molar-refractivity contribution in [2.45, 2.75) is 27.7 Å². The molecule has 0 spiro atoms. The lowest BCUT2D eigenvalue weighted by molar-refractivity contribution is -0.137. The lowest BCUT2D eigenvalue weighted by atomic mass is 10.5. The first-order valence-corrected chi connectivity index (χ1v) is 8.19. The van der Waals surface area contributed by atoms with Crippen LogP contribution in [0.3, 0.4) is 0 Å². The van der Waals surface area contributed by atoms with Gasteiger partial charge in [0.15, 0.2) is 0 Å². The molecule has 3 nitrogen and oxygen atoms in total. The van der Waals surface area contributed by atoms with E-state index >= 15 is 0 Å². The third-order valence-corrected chi connectivity index (χ3v) is 6.20. The SMILES string of the molecule is CCOC(=O)C=C(C)OP(=S)(CC)CC. The third-order valence-electron chi connectivity index (χ3n) is 1.88. The third kappa shape index (κ3) is 5.95. The van der Waals surface area contributed by atoms with Crippen LogP contribution in [-0.2, 0) is 25.9 Å². The summed E-state index contributed by atoms with van der Waals surface area (Å²) in [6.07, 6.45) is 1.28. The second kappa shape index (κ2) is 7.02. The molecule has 0 saturated heterocycles. The molecule has 0 aromatic rings. The molecule has 0 atom stereocenters. The van der Waals surface area contributed by atoms with Gasteiger partial charge in [0.2, 0.25) is 0 Å². The zero-order valence-corrected chi connectivity index (χ0v) is 11.5. The molecule has 0 radical (unpaired) electrons. The second-order valence-corrected chi connectivity index (χ2v) is 8.12. The normalized spacial score (nSPS) is 12.4. The zero-order valence-electron chi connectivity index (χ0n) is 9.78. The van der Waals surface area contributed by atoms with Gasteiger partial charge in [0, 0.05) is 12.3 Å². The Kier molecular flexibility index (Phi) is 6.86. The largest absolute Gasteiger partial charge is 0.471 e. The van der Waals surface area contributed by atoms with Crippen LogP contribution >= 0.6 is 6.26 Å². The molecule has 0 N–H and O–H groups in total. The van der Waals surface area contributed by atoms with E-state index in [0.717, 1.165) is 12.3 Å². The van der Waals surface area contributed by atoms with Gasteiger partial charge in [0.25, 0.3) is 0 Å². The lowest BCUT2D eigenvalue weighted by Gasteiger charge is -2.20. The van der Waals surface area contributed by atoms with Crippen molar-refractivity contribution in [1.82, 2.24) is 0 Å². The van der Waals surface area contributed by atoms with Crippen LogP contribution in [0.15, 0.2) is 11.8 Å². The molecule has 15 heavy (non-hydrogen) atoms. The number of allylic oxidation sites excluding steroid dienone is 1. The fourth-order valence-electron chi connectivity index (χ4n) is 0.991. The van der Waals surface area contributed by atoms with Gasteiger partial charge in [-0.3, -0.25) is 0 Å². The highest BCUT2D eigenvalue weighted by atomic mass is 32.4. The van der Waals surface area contributed by atoms with Gasteiger partial charge < -0.3 is 9.26 Å². The highest BCUT2D eigenvalue weighted by molar-refractivity contribution is 8.12. The van der Waals surface area contributed by atoms with Crippen molar-refractivity contribution in [2.75, 3.05) is 18.9 Å². The van der Waals surface area contributed by atoms with E-state index in [0.29, 0.717) is 12.4 Å². The lowest BCUT2D eigenvalue weighted by Crippen LogP contribution is -2.02. The van der Waals surface area contributed by atoms with E-state index in [2.05, 4.69) is 0 Å². The average molecular weight is 250 g/mol. The standard InChI is InChI=1S/C10H19O3PS/c1-5-12-10(11)8-9(4)13-14(15,6-2)7-3/h8H,5-7H2,1-4H3. The molecule has 5 heteroatoms. The van der Waals surface area contributed by atoms with Gasteiger partial charge in [-0.2, -0.15) is 0 Å². The molecule has 0 saturated carbocycles. The van der Waals surface area contributed by atoms with Crippen molar-refractivity contribution >= 4 is 24.0 Å². The highest BCUT2D eigenvalue weighted by Gasteiger charge is 2.14. The maximum Gasteiger partial charge on any atom is 0.334 e. The van der Waals surface area contributed by atoms with E-state index < -0.39 is 6.26 Å². The van der Waals surface area contributed by atoms with Crippen LogP contribution in [0, 0.1) is 0 Å². The minimum atomic E-state index is -1.76. The number of hydrogen-bond acceptors (Lipinski definition) is 4. The van der Waals surface area contributed by atoms with Crippen molar-refractivity contribution in [3.05, 3.63) is 11.8 Å². The van der Waals surface area contributed by atoms with Gasteiger partial charge in [-0.1, -0.05) is 25.7 Å². The zero-order chi connectivity index (χ0) is 11.9. The topological polar surface area (TPSA) is 35.5 Å². The van der Waals surface area contributed by atoms with Crippen LogP contribution in [0.2, 0.25) is 0 Å². The maximum atomic E-state index is 11.1. The van der Waals surface area contributed by atoms with Crippen LogP contribution in [-0.4, -0.2) is 24.9 Å². The molecule has 0 unspecified atom stereocenters. The summed E-state index contributed by atoms with van der Waals surface area (Å²) in [5.74, 6) is 0.184. The summed E-state index contributed by atoms with van der Waals surface area (Å²) in [4.78, 5) is 11.1. The predicted molar refractivity (Wildman–Crippen MR) is 66.8 cm³/mol. The van der Waals surface area contributed by atoms with E-state index in [9.17, 15) is 4.79 Å². The molecule has 0 aliphatic rings. The Morgan fingerprint density at radius 1 is 1.33 bits per heavy atom. The summed E-state index contributed by atoms with van der Waals surface area (Å²) in [6, 6.07) is 0. The summed E-state index contributed by atoms with van der Waals surface area (Å²) < 4.78 is 10.4. The van der Waals surface area contributed by atoms with E-state index in [1.54, 1.807) is 13.8 Å².